The predicted molar refractivity (Wildman–Crippen MR) is 73.1 cm³/mol. The topological polar surface area (TPSA) is 63.8 Å². The van der Waals surface area contributed by atoms with E-state index < -0.39 is 0 Å². The van der Waals surface area contributed by atoms with Gasteiger partial charge in [0.05, 0.1) is 11.7 Å². The van der Waals surface area contributed by atoms with Crippen LogP contribution in [0.5, 0.6) is 0 Å². The first-order chi connectivity index (χ1) is 8.70. The maximum atomic E-state index is 5.87. The van der Waals surface area contributed by atoms with Gasteiger partial charge < -0.3 is 11.1 Å². The molecule has 0 saturated heterocycles. The number of pyridine rings is 2. The number of nitrogen functional groups attached to an aromatic ring is 1. The van der Waals surface area contributed by atoms with Crippen LogP contribution in [0.4, 0.5) is 5.82 Å². The van der Waals surface area contributed by atoms with Crippen LogP contribution in [0.25, 0.3) is 0 Å². The molecule has 0 fully saturated rings. The molecule has 0 bridgehead atoms. The van der Waals surface area contributed by atoms with E-state index in [1.165, 1.54) is 5.56 Å². The molecular weight excluding hydrogens is 224 g/mol. The van der Waals surface area contributed by atoms with Gasteiger partial charge in [-0.3, -0.25) is 4.98 Å². The quantitative estimate of drug-likeness (QED) is 0.859. The SMILES string of the molecule is CNC(Cc1cccnc1N)c1cc(C)ccn1. The number of rotatable bonds is 4. The standard InChI is InChI=1S/C14H18N4/c1-10-5-7-17-13(8-10)12(16-2)9-11-4-3-6-18-14(11)15/h3-8,12,16H,9H2,1-2H3,(H2,15,18). The number of nitrogens with two attached hydrogens (primary N) is 1. The van der Waals surface area contributed by atoms with E-state index in [4.69, 9.17) is 5.73 Å². The molecule has 0 aromatic carbocycles. The fourth-order valence-electron chi connectivity index (χ4n) is 1.95. The van der Waals surface area contributed by atoms with Crippen LogP contribution in [-0.4, -0.2) is 17.0 Å². The van der Waals surface area contributed by atoms with Crippen LogP contribution in [-0.2, 0) is 6.42 Å². The van der Waals surface area contributed by atoms with Gasteiger partial charge in [0.2, 0.25) is 0 Å². The minimum absolute atomic E-state index is 0.149. The molecule has 0 amide bonds. The molecule has 3 N–H and O–H groups in total. The van der Waals surface area contributed by atoms with Crippen molar-refractivity contribution in [2.75, 3.05) is 12.8 Å². The summed E-state index contributed by atoms with van der Waals surface area (Å²) in [5.41, 5.74) is 9.15. The van der Waals surface area contributed by atoms with E-state index in [-0.39, 0.29) is 6.04 Å². The van der Waals surface area contributed by atoms with Gasteiger partial charge in [0, 0.05) is 12.4 Å². The van der Waals surface area contributed by atoms with Gasteiger partial charge in [-0.2, -0.15) is 0 Å². The smallest absolute Gasteiger partial charge is 0.126 e. The molecule has 0 aliphatic heterocycles. The monoisotopic (exact) mass is 242 g/mol. The summed E-state index contributed by atoms with van der Waals surface area (Å²) in [4.78, 5) is 8.52. The van der Waals surface area contributed by atoms with Gasteiger partial charge in [-0.1, -0.05) is 6.07 Å². The van der Waals surface area contributed by atoms with E-state index in [1.54, 1.807) is 6.20 Å². The lowest BCUT2D eigenvalue weighted by atomic mass is 10.0. The maximum Gasteiger partial charge on any atom is 0.126 e. The first-order valence-corrected chi connectivity index (χ1v) is 6.00. The number of likely N-dealkylation sites (N-methyl/N-ethyl adjacent to an activating group) is 1. The zero-order valence-electron chi connectivity index (χ0n) is 10.7. The summed E-state index contributed by atoms with van der Waals surface area (Å²) in [5.74, 6) is 0.588. The van der Waals surface area contributed by atoms with Crippen molar-refractivity contribution in [3.05, 3.63) is 53.5 Å². The molecule has 0 saturated carbocycles. The second-order valence-corrected chi connectivity index (χ2v) is 4.35. The normalized spacial score (nSPS) is 12.3. The maximum absolute atomic E-state index is 5.87. The van der Waals surface area contributed by atoms with Crippen LogP contribution >= 0.6 is 0 Å². The molecule has 0 radical (unpaired) electrons. The number of aromatic nitrogens is 2. The second-order valence-electron chi connectivity index (χ2n) is 4.35. The molecular formula is C14H18N4. The van der Waals surface area contributed by atoms with Crippen LogP contribution in [0.3, 0.4) is 0 Å². The first-order valence-electron chi connectivity index (χ1n) is 6.00. The summed E-state index contributed by atoms with van der Waals surface area (Å²) < 4.78 is 0. The lowest BCUT2D eigenvalue weighted by Crippen LogP contribution is -2.20. The van der Waals surface area contributed by atoms with Gasteiger partial charge >= 0.3 is 0 Å². The van der Waals surface area contributed by atoms with Crippen molar-refractivity contribution in [2.24, 2.45) is 0 Å². The Bertz CT molecular complexity index is 525. The molecule has 1 atom stereocenters. The van der Waals surface area contributed by atoms with Gasteiger partial charge in [-0.25, -0.2) is 4.98 Å². The molecule has 2 rings (SSSR count). The zero-order valence-corrected chi connectivity index (χ0v) is 10.7. The van der Waals surface area contributed by atoms with Crippen molar-refractivity contribution in [1.82, 2.24) is 15.3 Å². The summed E-state index contributed by atoms with van der Waals surface area (Å²) in [6.07, 6.45) is 4.33. The van der Waals surface area contributed by atoms with Crippen molar-refractivity contribution in [3.63, 3.8) is 0 Å². The minimum Gasteiger partial charge on any atom is -0.383 e. The Labute approximate surface area is 107 Å². The van der Waals surface area contributed by atoms with Crippen LogP contribution in [0.1, 0.15) is 22.9 Å². The van der Waals surface area contributed by atoms with E-state index in [9.17, 15) is 0 Å². The van der Waals surface area contributed by atoms with Crippen LogP contribution < -0.4 is 11.1 Å². The number of nitrogens with zero attached hydrogens (tertiary/aromatic N) is 2. The number of nitrogens with one attached hydrogen (secondary N) is 1. The van der Waals surface area contributed by atoms with Crippen molar-refractivity contribution in [2.45, 2.75) is 19.4 Å². The Morgan fingerprint density at radius 3 is 2.78 bits per heavy atom. The number of hydrogen-bond acceptors (Lipinski definition) is 4. The Balaban J connectivity index is 2.23. The van der Waals surface area contributed by atoms with Gasteiger partial charge in [0.25, 0.3) is 0 Å². The highest BCUT2D eigenvalue weighted by atomic mass is 14.9. The van der Waals surface area contributed by atoms with E-state index in [0.717, 1.165) is 17.7 Å². The van der Waals surface area contributed by atoms with E-state index in [1.807, 2.05) is 31.4 Å². The fourth-order valence-corrected chi connectivity index (χ4v) is 1.95. The van der Waals surface area contributed by atoms with E-state index in [0.29, 0.717) is 5.82 Å². The van der Waals surface area contributed by atoms with E-state index in [2.05, 4.69) is 28.3 Å². The van der Waals surface area contributed by atoms with Crippen molar-refractivity contribution >= 4 is 5.82 Å². The highest BCUT2D eigenvalue weighted by Gasteiger charge is 2.13. The fraction of sp³-hybridized carbons (Fsp3) is 0.286. The third-order valence-corrected chi connectivity index (χ3v) is 2.99. The summed E-state index contributed by atoms with van der Waals surface area (Å²) in [6, 6.07) is 8.14. The molecule has 0 aliphatic carbocycles. The van der Waals surface area contributed by atoms with Crippen molar-refractivity contribution in [1.29, 1.82) is 0 Å². The average Bonchev–Trinajstić information content (AvgIpc) is 2.38. The largest absolute Gasteiger partial charge is 0.383 e. The zero-order chi connectivity index (χ0) is 13.0. The average molecular weight is 242 g/mol. The Morgan fingerprint density at radius 1 is 1.28 bits per heavy atom. The Morgan fingerprint density at radius 2 is 2.11 bits per heavy atom. The van der Waals surface area contributed by atoms with Gasteiger partial charge in [0.15, 0.2) is 0 Å². The predicted octanol–water partition coefficient (Wildman–Crippen LogP) is 1.87. The molecule has 18 heavy (non-hydrogen) atoms. The second kappa shape index (κ2) is 5.60. The molecule has 2 heterocycles. The molecule has 0 spiro atoms. The van der Waals surface area contributed by atoms with Gasteiger partial charge in [-0.15, -0.1) is 0 Å². The summed E-state index contributed by atoms with van der Waals surface area (Å²) in [7, 11) is 1.93. The molecule has 2 aromatic rings. The molecule has 4 heteroatoms. The molecule has 4 nitrogen and oxygen atoms in total. The van der Waals surface area contributed by atoms with Crippen LogP contribution in [0.2, 0.25) is 0 Å². The van der Waals surface area contributed by atoms with Crippen molar-refractivity contribution < 1.29 is 0 Å². The van der Waals surface area contributed by atoms with Crippen molar-refractivity contribution in [3.8, 4) is 0 Å². The number of aryl methyl sites for hydroxylation is 1. The molecule has 0 aliphatic rings. The van der Waals surface area contributed by atoms with Gasteiger partial charge in [-0.05, 0) is 49.7 Å². The first kappa shape index (κ1) is 12.5. The third-order valence-electron chi connectivity index (χ3n) is 2.99. The molecule has 94 valence electrons. The lowest BCUT2D eigenvalue weighted by Gasteiger charge is -2.16. The summed E-state index contributed by atoms with van der Waals surface area (Å²) in [6.45, 7) is 2.07. The van der Waals surface area contributed by atoms with Crippen LogP contribution in [0, 0.1) is 6.92 Å². The van der Waals surface area contributed by atoms with Crippen LogP contribution in [0.15, 0.2) is 36.7 Å². The Kier molecular flexibility index (Phi) is 3.89. The van der Waals surface area contributed by atoms with E-state index >= 15 is 0 Å². The lowest BCUT2D eigenvalue weighted by molar-refractivity contribution is 0.575. The Hall–Kier alpha value is -1.94. The number of hydrogen-bond donors (Lipinski definition) is 2. The minimum atomic E-state index is 0.149. The summed E-state index contributed by atoms with van der Waals surface area (Å²) in [5, 5.41) is 3.28. The molecule has 1 unspecified atom stereocenters. The highest BCUT2D eigenvalue weighted by Crippen LogP contribution is 2.19. The molecule has 2 aromatic heterocycles. The highest BCUT2D eigenvalue weighted by molar-refractivity contribution is 5.39. The van der Waals surface area contributed by atoms with Gasteiger partial charge in [0.1, 0.15) is 5.82 Å². The summed E-state index contributed by atoms with van der Waals surface area (Å²) >= 11 is 0. The number of anilines is 1. The third kappa shape index (κ3) is 2.84.